The zero-order chi connectivity index (χ0) is 23.8. The van der Waals surface area contributed by atoms with Crippen LogP contribution >= 0.6 is 11.3 Å². The average Bonchev–Trinajstić information content (AvgIpc) is 3.46. The Morgan fingerprint density at radius 3 is 2.79 bits per heavy atom. The Balaban J connectivity index is 1.52. The predicted octanol–water partition coefficient (Wildman–Crippen LogP) is 1.75. The number of amidine groups is 1. The summed E-state index contributed by atoms with van der Waals surface area (Å²) < 4.78 is 0. The molecule has 1 aromatic carbocycles. The normalized spacial score (nSPS) is 25.8. The molecule has 0 radical (unpaired) electrons. The van der Waals surface area contributed by atoms with Crippen LogP contribution in [-0.2, 0) is 20.0 Å². The molecule has 2 amide bonds. The molecule has 2 aliphatic rings. The van der Waals surface area contributed by atoms with E-state index in [4.69, 9.17) is 4.84 Å². The quantitative estimate of drug-likeness (QED) is 0.527. The number of aromatic nitrogens is 1. The van der Waals surface area contributed by atoms with E-state index in [1.807, 2.05) is 36.7 Å². The lowest BCUT2D eigenvalue weighted by molar-refractivity contribution is -0.135. The molecule has 3 N–H and O–H groups in total. The number of likely N-dealkylation sites (tertiary alicyclic amines) is 1. The van der Waals surface area contributed by atoms with Gasteiger partial charge < -0.3 is 15.3 Å². The van der Waals surface area contributed by atoms with Crippen molar-refractivity contribution in [1.29, 1.82) is 0 Å². The molecule has 0 bridgehead atoms. The van der Waals surface area contributed by atoms with E-state index in [9.17, 15) is 14.7 Å². The second-order valence-corrected chi connectivity index (χ2v) is 9.54. The number of carbonyl (C=O) groups is 2. The SMILES string of the molecule is CNOC(C)CC(=O)N1CC(O)CC1C1=NC(=O)C(C)(c2ccc(-c3scnc3C)cc2)N1. The summed E-state index contributed by atoms with van der Waals surface area (Å²) >= 11 is 1.58. The molecule has 4 atom stereocenters. The minimum absolute atomic E-state index is 0.154. The van der Waals surface area contributed by atoms with E-state index in [-0.39, 0.29) is 30.9 Å². The van der Waals surface area contributed by atoms with Crippen molar-refractivity contribution in [3.63, 3.8) is 0 Å². The third-order valence-corrected chi connectivity index (χ3v) is 7.17. The van der Waals surface area contributed by atoms with E-state index >= 15 is 0 Å². The highest BCUT2D eigenvalue weighted by molar-refractivity contribution is 7.13. The van der Waals surface area contributed by atoms with Crippen LogP contribution in [0.3, 0.4) is 0 Å². The van der Waals surface area contributed by atoms with Crippen LogP contribution in [0.5, 0.6) is 0 Å². The summed E-state index contributed by atoms with van der Waals surface area (Å²) in [5.74, 6) is -0.0639. The lowest BCUT2D eigenvalue weighted by Gasteiger charge is -2.29. The van der Waals surface area contributed by atoms with Crippen molar-refractivity contribution in [3.8, 4) is 10.4 Å². The summed E-state index contributed by atoms with van der Waals surface area (Å²) in [6.07, 6.45) is -0.521. The van der Waals surface area contributed by atoms with Gasteiger partial charge in [0.05, 0.1) is 40.8 Å². The van der Waals surface area contributed by atoms with Crippen molar-refractivity contribution in [2.45, 2.75) is 57.4 Å². The summed E-state index contributed by atoms with van der Waals surface area (Å²) in [5, 5.41) is 13.5. The first-order chi connectivity index (χ1) is 15.7. The Morgan fingerprint density at radius 1 is 1.42 bits per heavy atom. The molecule has 0 spiro atoms. The Kier molecular flexibility index (Phi) is 6.62. The van der Waals surface area contributed by atoms with Crippen LogP contribution in [0.2, 0.25) is 0 Å². The molecule has 1 fully saturated rings. The van der Waals surface area contributed by atoms with Gasteiger partial charge in [-0.15, -0.1) is 11.3 Å². The molecule has 2 aromatic rings. The van der Waals surface area contributed by atoms with Gasteiger partial charge in [-0.2, -0.15) is 4.99 Å². The zero-order valence-electron chi connectivity index (χ0n) is 19.2. The standard InChI is InChI=1S/C23H29N5O4S/c1-13(32-24-4)9-19(30)28-11-17(29)10-18(28)21-26-22(31)23(3,27-21)16-7-5-15(6-8-16)20-14(2)25-12-33-20/h5-8,12-13,17-18,24,29H,9-11H2,1-4H3,(H,26,27,31). The number of carbonyl (C=O) groups excluding carboxylic acids is 2. The lowest BCUT2D eigenvalue weighted by Crippen LogP contribution is -2.50. The van der Waals surface area contributed by atoms with E-state index in [1.54, 1.807) is 37.1 Å². The molecule has 33 heavy (non-hydrogen) atoms. The number of hydrogen-bond donors (Lipinski definition) is 3. The highest BCUT2D eigenvalue weighted by Crippen LogP contribution is 2.33. The first-order valence-corrected chi connectivity index (χ1v) is 11.8. The molecule has 0 saturated carbocycles. The Labute approximate surface area is 196 Å². The molecule has 9 nitrogen and oxygen atoms in total. The van der Waals surface area contributed by atoms with E-state index in [0.717, 1.165) is 21.7 Å². The molecule has 4 rings (SSSR count). The highest BCUT2D eigenvalue weighted by atomic mass is 32.1. The summed E-state index contributed by atoms with van der Waals surface area (Å²) in [6.45, 7) is 5.75. The van der Waals surface area contributed by atoms with E-state index in [1.165, 1.54) is 0 Å². The molecule has 4 unspecified atom stereocenters. The summed E-state index contributed by atoms with van der Waals surface area (Å²) in [4.78, 5) is 42.4. The zero-order valence-corrected chi connectivity index (χ0v) is 20.0. The van der Waals surface area contributed by atoms with Crippen molar-refractivity contribution in [2.24, 2.45) is 4.99 Å². The smallest absolute Gasteiger partial charge is 0.277 e. The number of aliphatic imine (C=N–C) groups is 1. The average molecular weight is 472 g/mol. The Hall–Kier alpha value is -2.66. The van der Waals surface area contributed by atoms with Crippen molar-refractivity contribution in [2.75, 3.05) is 13.6 Å². The number of hydroxylamine groups is 1. The van der Waals surface area contributed by atoms with Crippen LogP contribution < -0.4 is 10.8 Å². The van der Waals surface area contributed by atoms with Crippen molar-refractivity contribution < 1.29 is 19.5 Å². The monoisotopic (exact) mass is 471 g/mol. The maximum absolute atomic E-state index is 13.0. The van der Waals surface area contributed by atoms with Gasteiger partial charge in [0.1, 0.15) is 11.4 Å². The van der Waals surface area contributed by atoms with Gasteiger partial charge in [0.15, 0.2) is 0 Å². The molecule has 0 aliphatic carbocycles. The molecule has 176 valence electrons. The minimum Gasteiger partial charge on any atom is -0.391 e. The van der Waals surface area contributed by atoms with Crippen molar-refractivity contribution in [1.82, 2.24) is 20.7 Å². The maximum Gasteiger partial charge on any atom is 0.277 e. The number of hydrogen-bond acceptors (Lipinski definition) is 8. The van der Waals surface area contributed by atoms with E-state index in [2.05, 4.69) is 20.8 Å². The third-order valence-electron chi connectivity index (χ3n) is 6.19. The summed E-state index contributed by atoms with van der Waals surface area (Å²) in [5.41, 5.74) is 6.16. The molecule has 1 aromatic heterocycles. The van der Waals surface area contributed by atoms with E-state index < -0.39 is 17.7 Å². The maximum atomic E-state index is 13.0. The molecular formula is C23H29N5O4S. The van der Waals surface area contributed by atoms with Crippen LogP contribution in [-0.4, -0.2) is 64.5 Å². The number of thiazole rings is 1. The predicted molar refractivity (Wildman–Crippen MR) is 126 cm³/mol. The number of nitrogens with zero attached hydrogens (tertiary/aromatic N) is 3. The number of rotatable bonds is 7. The number of aliphatic hydroxyl groups is 1. The van der Waals surface area contributed by atoms with Gasteiger partial charge >= 0.3 is 0 Å². The second-order valence-electron chi connectivity index (χ2n) is 8.68. The fourth-order valence-corrected chi connectivity index (χ4v) is 5.21. The number of aryl methyl sites for hydroxylation is 1. The summed E-state index contributed by atoms with van der Waals surface area (Å²) in [7, 11) is 1.64. The Morgan fingerprint density at radius 2 is 2.15 bits per heavy atom. The first kappa shape index (κ1) is 23.5. The Bertz CT molecular complexity index is 1070. The van der Waals surface area contributed by atoms with Crippen LogP contribution in [0.25, 0.3) is 10.4 Å². The third kappa shape index (κ3) is 4.56. The van der Waals surface area contributed by atoms with Crippen LogP contribution in [0.1, 0.15) is 37.9 Å². The number of β-amino-alcohol motifs (C(OH)–C–C–N with tert-alkyl or cyclic N) is 1. The summed E-state index contributed by atoms with van der Waals surface area (Å²) in [6, 6.07) is 7.31. The van der Waals surface area contributed by atoms with Gasteiger partial charge in [-0.05, 0) is 31.9 Å². The first-order valence-electron chi connectivity index (χ1n) is 10.9. The van der Waals surface area contributed by atoms with Gasteiger partial charge in [-0.3, -0.25) is 14.4 Å². The fourth-order valence-electron chi connectivity index (χ4n) is 4.40. The highest BCUT2D eigenvalue weighted by Gasteiger charge is 2.47. The largest absolute Gasteiger partial charge is 0.391 e. The van der Waals surface area contributed by atoms with Gasteiger partial charge in [0, 0.05) is 20.0 Å². The minimum atomic E-state index is -1.04. The number of nitrogens with one attached hydrogen (secondary N) is 2. The van der Waals surface area contributed by atoms with Gasteiger partial charge in [-0.1, -0.05) is 24.3 Å². The molecular weight excluding hydrogens is 442 g/mol. The lowest BCUT2D eigenvalue weighted by atomic mass is 9.91. The molecule has 2 aliphatic heterocycles. The van der Waals surface area contributed by atoms with Crippen LogP contribution in [0.4, 0.5) is 0 Å². The van der Waals surface area contributed by atoms with Crippen LogP contribution in [0, 0.1) is 6.92 Å². The van der Waals surface area contributed by atoms with Crippen LogP contribution in [0.15, 0.2) is 34.8 Å². The van der Waals surface area contributed by atoms with Crippen molar-refractivity contribution >= 4 is 29.0 Å². The molecule has 1 saturated heterocycles. The fraction of sp³-hybridized carbons (Fsp3) is 0.478. The second kappa shape index (κ2) is 9.30. The van der Waals surface area contributed by atoms with Crippen molar-refractivity contribution in [3.05, 3.63) is 41.0 Å². The number of aliphatic hydroxyl groups excluding tert-OH is 1. The van der Waals surface area contributed by atoms with E-state index in [0.29, 0.717) is 12.3 Å². The van der Waals surface area contributed by atoms with Gasteiger partial charge in [0.25, 0.3) is 5.91 Å². The number of amides is 2. The van der Waals surface area contributed by atoms with Gasteiger partial charge in [-0.25, -0.2) is 10.5 Å². The molecule has 3 heterocycles. The molecule has 10 heteroatoms. The van der Waals surface area contributed by atoms with Gasteiger partial charge in [0.2, 0.25) is 5.91 Å². The number of benzene rings is 1. The topological polar surface area (TPSA) is 116 Å².